The van der Waals surface area contributed by atoms with Crippen LogP contribution >= 0.6 is 11.6 Å². The molecule has 0 spiro atoms. The maximum absolute atomic E-state index is 5.80. The SMILES string of the molecule is CNC1CCC(N(C)Cc2ccnc(Cl)n2)CC1. The monoisotopic (exact) mass is 268 g/mol. The first-order valence-corrected chi connectivity index (χ1v) is 6.91. The zero-order valence-electron chi connectivity index (χ0n) is 11.1. The van der Waals surface area contributed by atoms with Crippen molar-refractivity contribution in [3.63, 3.8) is 0 Å². The first-order valence-electron chi connectivity index (χ1n) is 6.54. The molecule has 0 bridgehead atoms. The van der Waals surface area contributed by atoms with Gasteiger partial charge in [-0.3, -0.25) is 4.90 Å². The van der Waals surface area contributed by atoms with Crippen molar-refractivity contribution in [1.82, 2.24) is 20.2 Å². The second-order valence-electron chi connectivity index (χ2n) is 5.03. The summed E-state index contributed by atoms with van der Waals surface area (Å²) in [4.78, 5) is 10.5. The highest BCUT2D eigenvalue weighted by Crippen LogP contribution is 2.23. The van der Waals surface area contributed by atoms with Crippen molar-refractivity contribution < 1.29 is 0 Å². The van der Waals surface area contributed by atoms with Crippen molar-refractivity contribution in [1.29, 1.82) is 0 Å². The maximum Gasteiger partial charge on any atom is 0.222 e. The van der Waals surface area contributed by atoms with Crippen LogP contribution < -0.4 is 5.32 Å². The molecule has 1 saturated carbocycles. The van der Waals surface area contributed by atoms with Gasteiger partial charge in [0.25, 0.3) is 0 Å². The van der Waals surface area contributed by atoms with E-state index in [-0.39, 0.29) is 0 Å². The molecule has 0 radical (unpaired) electrons. The van der Waals surface area contributed by atoms with E-state index in [4.69, 9.17) is 11.6 Å². The van der Waals surface area contributed by atoms with E-state index in [0.717, 1.165) is 12.2 Å². The first-order chi connectivity index (χ1) is 8.69. The average Bonchev–Trinajstić information content (AvgIpc) is 2.39. The predicted molar refractivity (Wildman–Crippen MR) is 73.6 cm³/mol. The molecule has 1 aromatic heterocycles. The Morgan fingerprint density at radius 2 is 2.11 bits per heavy atom. The quantitative estimate of drug-likeness (QED) is 0.849. The van der Waals surface area contributed by atoms with Crippen LogP contribution in [0.5, 0.6) is 0 Å². The van der Waals surface area contributed by atoms with Crippen molar-refractivity contribution in [2.45, 2.75) is 44.3 Å². The average molecular weight is 269 g/mol. The third-order valence-corrected chi connectivity index (χ3v) is 4.01. The van der Waals surface area contributed by atoms with E-state index < -0.39 is 0 Å². The van der Waals surface area contributed by atoms with Crippen molar-refractivity contribution in [3.05, 3.63) is 23.2 Å². The van der Waals surface area contributed by atoms with Gasteiger partial charge in [-0.15, -0.1) is 0 Å². The number of halogens is 1. The number of aromatic nitrogens is 2. The largest absolute Gasteiger partial charge is 0.317 e. The minimum Gasteiger partial charge on any atom is -0.317 e. The summed E-state index contributed by atoms with van der Waals surface area (Å²) in [6, 6.07) is 3.29. The Morgan fingerprint density at radius 3 is 2.72 bits per heavy atom. The zero-order chi connectivity index (χ0) is 13.0. The molecule has 0 atom stereocenters. The first kappa shape index (κ1) is 13.7. The fourth-order valence-corrected chi connectivity index (χ4v) is 2.81. The van der Waals surface area contributed by atoms with Gasteiger partial charge in [0.1, 0.15) is 0 Å². The Bertz CT molecular complexity index is 377. The van der Waals surface area contributed by atoms with Gasteiger partial charge in [-0.25, -0.2) is 9.97 Å². The molecule has 0 amide bonds. The summed E-state index contributed by atoms with van der Waals surface area (Å²) in [5.74, 6) is 0. The summed E-state index contributed by atoms with van der Waals surface area (Å²) in [6.07, 6.45) is 6.74. The Balaban J connectivity index is 1.87. The number of nitrogens with one attached hydrogen (secondary N) is 1. The Labute approximate surface area is 114 Å². The van der Waals surface area contributed by atoms with E-state index in [2.05, 4.69) is 34.3 Å². The minimum atomic E-state index is 0.333. The van der Waals surface area contributed by atoms with E-state index in [1.165, 1.54) is 25.7 Å². The molecule has 0 aromatic carbocycles. The summed E-state index contributed by atoms with van der Waals surface area (Å²) in [5.41, 5.74) is 0.994. The van der Waals surface area contributed by atoms with E-state index in [0.29, 0.717) is 17.4 Å². The van der Waals surface area contributed by atoms with E-state index in [1.54, 1.807) is 6.20 Å². The van der Waals surface area contributed by atoms with Crippen LogP contribution in [-0.4, -0.2) is 41.0 Å². The zero-order valence-corrected chi connectivity index (χ0v) is 11.8. The Hall–Kier alpha value is -0.710. The molecule has 1 aromatic rings. The maximum atomic E-state index is 5.80. The van der Waals surface area contributed by atoms with Crippen LogP contribution in [0, 0.1) is 0 Å². The van der Waals surface area contributed by atoms with Gasteiger partial charge >= 0.3 is 0 Å². The standard InChI is InChI=1S/C13H21ClN4/c1-15-10-3-5-12(6-4-10)18(2)9-11-7-8-16-13(14)17-11/h7-8,10,12,15H,3-6,9H2,1-2H3. The summed E-state index contributed by atoms with van der Waals surface area (Å²) in [5, 5.41) is 3.70. The van der Waals surface area contributed by atoms with Crippen LogP contribution in [0.3, 0.4) is 0 Å². The third kappa shape index (κ3) is 3.64. The molecule has 1 aliphatic carbocycles. The lowest BCUT2D eigenvalue weighted by Gasteiger charge is -2.34. The molecule has 100 valence electrons. The second kappa shape index (κ2) is 6.45. The molecule has 1 aliphatic rings. The Morgan fingerprint density at radius 1 is 1.39 bits per heavy atom. The van der Waals surface area contributed by atoms with E-state index in [9.17, 15) is 0 Å². The molecule has 2 rings (SSSR count). The van der Waals surface area contributed by atoms with Crippen molar-refractivity contribution >= 4 is 11.6 Å². The van der Waals surface area contributed by atoms with Gasteiger partial charge in [0.15, 0.2) is 0 Å². The smallest absolute Gasteiger partial charge is 0.222 e. The van der Waals surface area contributed by atoms with Crippen LogP contribution in [0.4, 0.5) is 0 Å². The lowest BCUT2D eigenvalue weighted by Crippen LogP contribution is -2.39. The minimum absolute atomic E-state index is 0.333. The number of rotatable bonds is 4. The van der Waals surface area contributed by atoms with Gasteiger partial charge in [0, 0.05) is 24.8 Å². The highest BCUT2D eigenvalue weighted by Gasteiger charge is 2.23. The van der Waals surface area contributed by atoms with Gasteiger partial charge in [0.2, 0.25) is 5.28 Å². The predicted octanol–water partition coefficient (Wildman–Crippen LogP) is 2.09. The fourth-order valence-electron chi connectivity index (χ4n) is 2.65. The molecule has 0 saturated heterocycles. The highest BCUT2D eigenvalue weighted by molar-refractivity contribution is 6.28. The molecule has 18 heavy (non-hydrogen) atoms. The van der Waals surface area contributed by atoms with Gasteiger partial charge in [-0.1, -0.05) is 0 Å². The highest BCUT2D eigenvalue weighted by atomic mass is 35.5. The van der Waals surface area contributed by atoms with Gasteiger partial charge < -0.3 is 5.32 Å². The van der Waals surface area contributed by atoms with Crippen LogP contribution in [0.2, 0.25) is 5.28 Å². The molecule has 1 heterocycles. The number of nitrogens with zero attached hydrogens (tertiary/aromatic N) is 3. The molecule has 0 aliphatic heterocycles. The summed E-state index contributed by atoms with van der Waals surface area (Å²) in [7, 11) is 4.22. The van der Waals surface area contributed by atoms with Crippen molar-refractivity contribution in [3.8, 4) is 0 Å². The van der Waals surface area contributed by atoms with Crippen LogP contribution in [0.1, 0.15) is 31.4 Å². The van der Waals surface area contributed by atoms with Crippen LogP contribution in [-0.2, 0) is 6.54 Å². The topological polar surface area (TPSA) is 41.0 Å². The molecule has 1 fully saturated rings. The molecular weight excluding hydrogens is 248 g/mol. The fraction of sp³-hybridized carbons (Fsp3) is 0.692. The van der Waals surface area contributed by atoms with Crippen LogP contribution in [0.25, 0.3) is 0 Å². The van der Waals surface area contributed by atoms with Crippen molar-refractivity contribution in [2.24, 2.45) is 0 Å². The lowest BCUT2D eigenvalue weighted by atomic mass is 9.90. The van der Waals surface area contributed by atoms with Gasteiger partial charge in [-0.2, -0.15) is 0 Å². The van der Waals surface area contributed by atoms with Gasteiger partial charge in [0.05, 0.1) is 5.69 Å². The third-order valence-electron chi connectivity index (χ3n) is 3.82. The second-order valence-corrected chi connectivity index (χ2v) is 5.36. The molecule has 4 nitrogen and oxygen atoms in total. The summed E-state index contributed by atoms with van der Waals surface area (Å²) < 4.78 is 0. The van der Waals surface area contributed by atoms with Crippen molar-refractivity contribution in [2.75, 3.05) is 14.1 Å². The number of hydrogen-bond acceptors (Lipinski definition) is 4. The summed E-state index contributed by atoms with van der Waals surface area (Å²) >= 11 is 5.80. The molecule has 1 N–H and O–H groups in total. The van der Waals surface area contributed by atoms with E-state index >= 15 is 0 Å². The van der Waals surface area contributed by atoms with Gasteiger partial charge in [-0.05, 0) is 57.4 Å². The molecular formula is C13H21ClN4. The summed E-state index contributed by atoms with van der Waals surface area (Å²) in [6.45, 7) is 0.844. The number of hydrogen-bond donors (Lipinski definition) is 1. The molecule has 0 unspecified atom stereocenters. The molecule has 5 heteroatoms. The Kier molecular flexibility index (Phi) is 4.92. The van der Waals surface area contributed by atoms with E-state index in [1.807, 2.05) is 6.07 Å². The van der Waals surface area contributed by atoms with Crippen LogP contribution in [0.15, 0.2) is 12.3 Å². The lowest BCUT2D eigenvalue weighted by molar-refractivity contribution is 0.168. The normalized spacial score (nSPS) is 24.4.